The van der Waals surface area contributed by atoms with E-state index < -0.39 is 17.8 Å². The van der Waals surface area contributed by atoms with Gasteiger partial charge in [-0.05, 0) is 38.5 Å². The number of rotatable bonds is 15. The molecule has 6 nitrogen and oxygen atoms in total. The van der Waals surface area contributed by atoms with E-state index >= 15 is 0 Å². The Hall–Kier alpha value is -1.85. The maximum absolute atomic E-state index is 11.2. The fourth-order valence-electron chi connectivity index (χ4n) is 2.44. The van der Waals surface area contributed by atoms with Crippen LogP contribution in [0.1, 0.15) is 77.0 Å². The summed E-state index contributed by atoms with van der Waals surface area (Å²) in [5.41, 5.74) is 0. The lowest BCUT2D eigenvalue weighted by molar-refractivity contribution is -0.138. The van der Waals surface area contributed by atoms with Gasteiger partial charge < -0.3 is 15.7 Å². The highest BCUT2D eigenvalue weighted by molar-refractivity contribution is 6.34. The summed E-state index contributed by atoms with van der Waals surface area (Å²) in [6.07, 6.45) is 16.5. The molecule has 0 aromatic heterocycles. The topological polar surface area (TPSA) is 95.5 Å². The second kappa shape index (κ2) is 17.0. The first-order valence-corrected chi connectivity index (χ1v) is 9.44. The molecular formula is C19H34N2O4. The molecule has 144 valence electrons. The third-order valence-corrected chi connectivity index (χ3v) is 3.94. The van der Waals surface area contributed by atoms with Gasteiger partial charge in [-0.2, -0.15) is 0 Å². The van der Waals surface area contributed by atoms with Crippen molar-refractivity contribution in [1.29, 1.82) is 0 Å². The number of allylic oxidation sites excluding steroid dienone is 2. The van der Waals surface area contributed by atoms with E-state index in [1.54, 1.807) is 0 Å². The zero-order chi connectivity index (χ0) is 18.8. The first-order chi connectivity index (χ1) is 12.1. The van der Waals surface area contributed by atoms with E-state index in [0.717, 1.165) is 44.9 Å². The van der Waals surface area contributed by atoms with Crippen LogP contribution in [0, 0.1) is 0 Å². The highest BCUT2D eigenvalue weighted by atomic mass is 16.4. The monoisotopic (exact) mass is 354 g/mol. The zero-order valence-electron chi connectivity index (χ0n) is 15.5. The highest BCUT2D eigenvalue weighted by Crippen LogP contribution is 2.10. The number of nitrogens with one attached hydrogen (secondary N) is 2. The lowest BCUT2D eigenvalue weighted by atomic mass is 10.1. The molecule has 6 heteroatoms. The van der Waals surface area contributed by atoms with Crippen molar-refractivity contribution in [3.63, 3.8) is 0 Å². The Bertz CT molecular complexity index is 408. The normalized spacial score (nSPS) is 10.8. The molecule has 0 heterocycles. The van der Waals surface area contributed by atoms with E-state index in [1.165, 1.54) is 32.7 Å². The van der Waals surface area contributed by atoms with Crippen LogP contribution in [0.3, 0.4) is 0 Å². The number of aliphatic carboxylic acids is 1. The Labute approximate surface area is 151 Å². The van der Waals surface area contributed by atoms with Gasteiger partial charge in [0.05, 0.1) is 0 Å². The minimum absolute atomic E-state index is 0.297. The third kappa shape index (κ3) is 16.8. The molecule has 25 heavy (non-hydrogen) atoms. The SMILES string of the molecule is CNC(=O)C(=O)NCCCC/C=C/CCCCCCCCCC(=O)O. The van der Waals surface area contributed by atoms with E-state index in [0.29, 0.717) is 13.0 Å². The molecule has 0 aromatic rings. The van der Waals surface area contributed by atoms with Crippen molar-refractivity contribution < 1.29 is 19.5 Å². The largest absolute Gasteiger partial charge is 0.481 e. The average molecular weight is 354 g/mol. The van der Waals surface area contributed by atoms with Crippen LogP contribution >= 0.6 is 0 Å². The number of carbonyl (C=O) groups is 3. The summed E-state index contributed by atoms with van der Waals surface area (Å²) in [6, 6.07) is 0. The van der Waals surface area contributed by atoms with Gasteiger partial charge in [0.15, 0.2) is 0 Å². The summed E-state index contributed by atoms with van der Waals surface area (Å²) in [7, 11) is 1.44. The van der Waals surface area contributed by atoms with E-state index in [9.17, 15) is 14.4 Å². The van der Waals surface area contributed by atoms with Crippen LogP contribution in [-0.4, -0.2) is 36.5 Å². The van der Waals surface area contributed by atoms with Gasteiger partial charge in [0, 0.05) is 20.0 Å². The van der Waals surface area contributed by atoms with Gasteiger partial charge >= 0.3 is 17.8 Å². The fraction of sp³-hybridized carbons (Fsp3) is 0.737. The smallest absolute Gasteiger partial charge is 0.309 e. The van der Waals surface area contributed by atoms with E-state index in [-0.39, 0.29) is 0 Å². The van der Waals surface area contributed by atoms with Crippen LogP contribution in [-0.2, 0) is 14.4 Å². The van der Waals surface area contributed by atoms with Gasteiger partial charge in [0.2, 0.25) is 0 Å². The molecule has 0 saturated carbocycles. The molecule has 0 atom stereocenters. The molecule has 0 fully saturated rings. The Morgan fingerprint density at radius 3 is 1.84 bits per heavy atom. The lowest BCUT2D eigenvalue weighted by Crippen LogP contribution is -2.38. The lowest BCUT2D eigenvalue weighted by Gasteiger charge is -2.02. The molecule has 0 saturated heterocycles. The van der Waals surface area contributed by atoms with Crippen LogP contribution in [0.15, 0.2) is 12.2 Å². The number of hydrogen-bond donors (Lipinski definition) is 3. The quantitative estimate of drug-likeness (QED) is 0.239. The summed E-state index contributed by atoms with van der Waals surface area (Å²) >= 11 is 0. The van der Waals surface area contributed by atoms with E-state index in [2.05, 4.69) is 22.8 Å². The first-order valence-electron chi connectivity index (χ1n) is 9.44. The van der Waals surface area contributed by atoms with Gasteiger partial charge in [0.1, 0.15) is 0 Å². The molecule has 0 aliphatic rings. The van der Waals surface area contributed by atoms with Crippen molar-refractivity contribution in [2.24, 2.45) is 0 Å². The Kier molecular flexibility index (Phi) is 15.7. The van der Waals surface area contributed by atoms with Crippen molar-refractivity contribution >= 4 is 17.8 Å². The molecule has 0 spiro atoms. The Morgan fingerprint density at radius 2 is 1.28 bits per heavy atom. The summed E-state index contributed by atoms with van der Waals surface area (Å²) in [5.74, 6) is -1.86. The number of hydrogen-bond acceptors (Lipinski definition) is 3. The van der Waals surface area contributed by atoms with Crippen LogP contribution in [0.5, 0.6) is 0 Å². The molecule has 0 bridgehead atoms. The van der Waals surface area contributed by atoms with Gasteiger partial charge in [-0.3, -0.25) is 14.4 Å². The van der Waals surface area contributed by atoms with Gasteiger partial charge in [-0.25, -0.2) is 0 Å². The summed E-state index contributed by atoms with van der Waals surface area (Å²) in [6.45, 7) is 0.534. The van der Waals surface area contributed by atoms with Crippen LogP contribution in [0.25, 0.3) is 0 Å². The van der Waals surface area contributed by atoms with Crippen molar-refractivity contribution in [3.05, 3.63) is 12.2 Å². The van der Waals surface area contributed by atoms with Gasteiger partial charge in [0.25, 0.3) is 0 Å². The van der Waals surface area contributed by atoms with Crippen molar-refractivity contribution in [1.82, 2.24) is 10.6 Å². The summed E-state index contributed by atoms with van der Waals surface area (Å²) in [5, 5.41) is 13.4. The zero-order valence-corrected chi connectivity index (χ0v) is 15.5. The average Bonchev–Trinajstić information content (AvgIpc) is 2.60. The van der Waals surface area contributed by atoms with Crippen LogP contribution in [0.2, 0.25) is 0 Å². The molecule has 0 aromatic carbocycles. The minimum Gasteiger partial charge on any atom is -0.481 e. The number of carbonyl (C=O) groups excluding carboxylic acids is 2. The van der Waals surface area contributed by atoms with Gasteiger partial charge in [-0.1, -0.05) is 44.3 Å². The molecule has 0 radical (unpaired) electrons. The Balaban J connectivity index is 3.24. The summed E-state index contributed by atoms with van der Waals surface area (Å²) in [4.78, 5) is 32.5. The molecule has 2 amide bonds. The maximum atomic E-state index is 11.2. The number of unbranched alkanes of at least 4 members (excludes halogenated alkanes) is 9. The second-order valence-electron chi connectivity index (χ2n) is 6.21. The summed E-state index contributed by atoms with van der Waals surface area (Å²) < 4.78 is 0. The van der Waals surface area contributed by atoms with Crippen molar-refractivity contribution in [2.75, 3.05) is 13.6 Å². The fourth-order valence-corrected chi connectivity index (χ4v) is 2.44. The number of carboxylic acids is 1. The van der Waals surface area contributed by atoms with Crippen LogP contribution < -0.4 is 10.6 Å². The molecule has 0 aliphatic carbocycles. The van der Waals surface area contributed by atoms with Gasteiger partial charge in [-0.15, -0.1) is 0 Å². The molecule has 0 unspecified atom stereocenters. The molecule has 3 N–H and O–H groups in total. The maximum Gasteiger partial charge on any atom is 0.309 e. The molecule has 0 rings (SSSR count). The Morgan fingerprint density at radius 1 is 0.760 bits per heavy atom. The number of likely N-dealkylation sites (N-methyl/N-ethyl adjacent to an activating group) is 1. The first kappa shape index (κ1) is 23.1. The molecular weight excluding hydrogens is 320 g/mol. The second-order valence-corrected chi connectivity index (χ2v) is 6.21. The predicted molar refractivity (Wildman–Crippen MR) is 99.3 cm³/mol. The number of carboxylic acid groups (broad SMARTS) is 1. The molecule has 0 aliphatic heterocycles. The number of amides is 2. The highest BCUT2D eigenvalue weighted by Gasteiger charge is 2.08. The van der Waals surface area contributed by atoms with Crippen molar-refractivity contribution in [2.45, 2.75) is 77.0 Å². The van der Waals surface area contributed by atoms with E-state index in [1.807, 2.05) is 0 Å². The standard InChI is InChI=1S/C19H34N2O4/c1-20-18(24)19(25)21-16-14-12-10-8-6-4-2-3-5-7-9-11-13-15-17(22)23/h6,8H,2-5,7,9-16H2,1H3,(H,20,24)(H,21,25)(H,22,23)/b8-6+. The van der Waals surface area contributed by atoms with Crippen molar-refractivity contribution in [3.8, 4) is 0 Å². The minimum atomic E-state index is -0.694. The van der Waals surface area contributed by atoms with Crippen LogP contribution in [0.4, 0.5) is 0 Å². The van der Waals surface area contributed by atoms with E-state index in [4.69, 9.17) is 5.11 Å². The third-order valence-electron chi connectivity index (χ3n) is 3.94. The predicted octanol–water partition coefficient (Wildman–Crippen LogP) is 3.17.